The molecule has 1 aliphatic rings. The van der Waals surface area contributed by atoms with Crippen molar-refractivity contribution in [2.75, 3.05) is 0 Å². The second-order valence-electron chi connectivity index (χ2n) is 13.6. The van der Waals surface area contributed by atoms with Crippen LogP contribution >= 0.6 is 0 Å². The van der Waals surface area contributed by atoms with Gasteiger partial charge in [-0.15, -0.1) is 0 Å². The number of aromatic nitrogens is 2. The molecule has 2 nitrogen and oxygen atoms in total. The van der Waals surface area contributed by atoms with Crippen molar-refractivity contribution in [3.05, 3.63) is 175 Å². The number of benzene rings is 8. The van der Waals surface area contributed by atoms with Gasteiger partial charge in [0, 0.05) is 32.9 Å². The average molecular weight is 637 g/mol. The Morgan fingerprint density at radius 2 is 0.880 bits per heavy atom. The van der Waals surface area contributed by atoms with Crippen molar-refractivity contribution in [1.29, 1.82) is 0 Å². The molecular formula is C48H32N2. The molecule has 0 fully saturated rings. The third-order valence-electron chi connectivity index (χ3n) is 11.0. The van der Waals surface area contributed by atoms with Gasteiger partial charge in [-0.25, -0.2) is 0 Å². The molecule has 0 unspecified atom stereocenters. The van der Waals surface area contributed by atoms with Crippen molar-refractivity contribution >= 4 is 71.2 Å². The van der Waals surface area contributed by atoms with E-state index in [-0.39, 0.29) is 0 Å². The van der Waals surface area contributed by atoms with Crippen molar-refractivity contribution in [3.63, 3.8) is 0 Å². The summed E-state index contributed by atoms with van der Waals surface area (Å²) >= 11 is 0. The lowest BCUT2D eigenvalue weighted by molar-refractivity contribution is 1.00. The van der Waals surface area contributed by atoms with Gasteiger partial charge in [0.25, 0.3) is 0 Å². The van der Waals surface area contributed by atoms with Crippen LogP contribution in [-0.2, 0) is 6.42 Å². The van der Waals surface area contributed by atoms with Crippen LogP contribution < -0.4 is 0 Å². The largest absolute Gasteiger partial charge is 0.309 e. The molecule has 2 heteroatoms. The van der Waals surface area contributed by atoms with E-state index in [0.717, 1.165) is 12.8 Å². The van der Waals surface area contributed by atoms with Crippen molar-refractivity contribution in [3.8, 4) is 22.5 Å². The molecule has 2 heterocycles. The number of rotatable bonds is 3. The summed E-state index contributed by atoms with van der Waals surface area (Å²) in [5.41, 5.74) is 12.5. The predicted octanol–water partition coefficient (Wildman–Crippen LogP) is 12.8. The van der Waals surface area contributed by atoms with Gasteiger partial charge in [-0.2, -0.15) is 0 Å². The molecule has 0 aliphatic heterocycles. The van der Waals surface area contributed by atoms with E-state index in [4.69, 9.17) is 0 Å². The van der Waals surface area contributed by atoms with Gasteiger partial charge in [0.05, 0.1) is 22.1 Å². The molecule has 11 rings (SSSR count). The molecular weight excluding hydrogens is 605 g/mol. The molecule has 0 saturated carbocycles. The minimum absolute atomic E-state index is 1.08. The second-order valence-corrected chi connectivity index (χ2v) is 13.6. The molecule has 2 aromatic heterocycles. The van der Waals surface area contributed by atoms with E-state index in [2.05, 4.69) is 179 Å². The van der Waals surface area contributed by atoms with Gasteiger partial charge in [0.15, 0.2) is 0 Å². The molecule has 234 valence electrons. The highest BCUT2D eigenvalue weighted by atomic mass is 15.0. The minimum atomic E-state index is 1.08. The maximum absolute atomic E-state index is 2.47. The molecule has 1 aliphatic carbocycles. The number of hydrogen-bond donors (Lipinski definition) is 0. The summed E-state index contributed by atoms with van der Waals surface area (Å²) in [5, 5.41) is 10.5. The lowest BCUT2D eigenvalue weighted by Gasteiger charge is -2.19. The smallest absolute Gasteiger partial charge is 0.0547 e. The van der Waals surface area contributed by atoms with Gasteiger partial charge >= 0.3 is 0 Å². The first-order valence-corrected chi connectivity index (χ1v) is 17.6. The van der Waals surface area contributed by atoms with Crippen molar-refractivity contribution in [1.82, 2.24) is 9.13 Å². The van der Waals surface area contributed by atoms with E-state index in [1.165, 1.54) is 98.8 Å². The Labute approximate surface area is 289 Å². The van der Waals surface area contributed by atoms with Crippen LogP contribution in [0.2, 0.25) is 0 Å². The molecule has 50 heavy (non-hydrogen) atoms. The SMILES string of the molecule is C1=Cc2c(c3ccccc3c3ccc(-n4c5ccccc5c5ccc(-c6ccc7c8ccccc8n(-c8ccccc8)c7c6)cc54)cc23)CC1. The first kappa shape index (κ1) is 27.6. The maximum Gasteiger partial charge on any atom is 0.0547 e. The molecule has 0 atom stereocenters. The fraction of sp³-hybridized carbons (Fsp3) is 0.0417. The molecule has 8 aromatic carbocycles. The summed E-state index contributed by atoms with van der Waals surface area (Å²) in [5.74, 6) is 0. The van der Waals surface area contributed by atoms with Crippen molar-refractivity contribution < 1.29 is 0 Å². The van der Waals surface area contributed by atoms with Crippen LogP contribution in [0.1, 0.15) is 17.5 Å². The molecule has 0 amide bonds. The van der Waals surface area contributed by atoms with E-state index in [0.29, 0.717) is 0 Å². The zero-order valence-electron chi connectivity index (χ0n) is 27.5. The molecule has 10 aromatic rings. The summed E-state index contributed by atoms with van der Waals surface area (Å²) in [6, 6.07) is 58.3. The normalized spacial score (nSPS) is 13.0. The summed E-state index contributed by atoms with van der Waals surface area (Å²) in [4.78, 5) is 0. The number of allylic oxidation sites excluding steroid dienone is 1. The summed E-state index contributed by atoms with van der Waals surface area (Å²) in [7, 11) is 0. The number of para-hydroxylation sites is 3. The number of nitrogens with zero attached hydrogens (tertiary/aromatic N) is 2. The average Bonchev–Trinajstić information content (AvgIpc) is 3.70. The second kappa shape index (κ2) is 10.6. The molecule has 0 bridgehead atoms. The Balaban J connectivity index is 1.16. The summed E-state index contributed by atoms with van der Waals surface area (Å²) in [6.45, 7) is 0. The molecule has 0 N–H and O–H groups in total. The monoisotopic (exact) mass is 636 g/mol. The van der Waals surface area contributed by atoms with E-state index in [1.807, 2.05) is 0 Å². The van der Waals surface area contributed by atoms with Crippen LogP contribution in [0.4, 0.5) is 0 Å². The molecule has 0 radical (unpaired) electrons. The van der Waals surface area contributed by atoms with Crippen LogP contribution in [-0.4, -0.2) is 9.13 Å². The summed E-state index contributed by atoms with van der Waals surface area (Å²) in [6.07, 6.45) is 6.87. The van der Waals surface area contributed by atoms with E-state index >= 15 is 0 Å². The highest BCUT2D eigenvalue weighted by Crippen LogP contribution is 2.41. The topological polar surface area (TPSA) is 9.86 Å². The highest BCUT2D eigenvalue weighted by Gasteiger charge is 2.19. The van der Waals surface area contributed by atoms with Crippen LogP contribution in [0.15, 0.2) is 164 Å². The van der Waals surface area contributed by atoms with Crippen LogP contribution in [0.25, 0.3) is 93.7 Å². The van der Waals surface area contributed by atoms with Gasteiger partial charge in [-0.3, -0.25) is 0 Å². The Bertz CT molecular complexity index is 3030. The van der Waals surface area contributed by atoms with Gasteiger partial charge in [0.2, 0.25) is 0 Å². The molecule has 0 saturated heterocycles. The summed E-state index contributed by atoms with van der Waals surface area (Å²) < 4.78 is 4.87. The number of aryl methyl sites for hydroxylation is 1. The first-order valence-electron chi connectivity index (χ1n) is 17.6. The van der Waals surface area contributed by atoms with E-state index in [1.54, 1.807) is 0 Å². The quantitative estimate of drug-likeness (QED) is 0.171. The third kappa shape index (κ3) is 3.90. The Morgan fingerprint density at radius 3 is 1.56 bits per heavy atom. The fourth-order valence-corrected chi connectivity index (χ4v) is 8.74. The minimum Gasteiger partial charge on any atom is -0.309 e. The number of fused-ring (bicyclic) bond motifs is 12. The van der Waals surface area contributed by atoms with Crippen LogP contribution in [0, 0.1) is 0 Å². The highest BCUT2D eigenvalue weighted by molar-refractivity contribution is 6.15. The van der Waals surface area contributed by atoms with Crippen LogP contribution in [0.3, 0.4) is 0 Å². The first-order chi connectivity index (χ1) is 24.8. The lowest BCUT2D eigenvalue weighted by atomic mass is 9.86. The van der Waals surface area contributed by atoms with Crippen LogP contribution in [0.5, 0.6) is 0 Å². The third-order valence-corrected chi connectivity index (χ3v) is 11.0. The van der Waals surface area contributed by atoms with Gasteiger partial charge in [-0.05, 0) is 105 Å². The van der Waals surface area contributed by atoms with Crippen molar-refractivity contribution in [2.24, 2.45) is 0 Å². The van der Waals surface area contributed by atoms with Gasteiger partial charge in [0.1, 0.15) is 0 Å². The van der Waals surface area contributed by atoms with Gasteiger partial charge in [-0.1, -0.05) is 121 Å². The van der Waals surface area contributed by atoms with E-state index in [9.17, 15) is 0 Å². The lowest BCUT2D eigenvalue weighted by Crippen LogP contribution is -1.99. The molecule has 0 spiro atoms. The van der Waals surface area contributed by atoms with E-state index < -0.39 is 0 Å². The number of hydrogen-bond acceptors (Lipinski definition) is 0. The zero-order chi connectivity index (χ0) is 32.8. The van der Waals surface area contributed by atoms with Gasteiger partial charge < -0.3 is 9.13 Å². The Hall–Kier alpha value is -6.38. The zero-order valence-corrected chi connectivity index (χ0v) is 27.5. The maximum atomic E-state index is 2.47. The fourth-order valence-electron chi connectivity index (χ4n) is 8.74. The Kier molecular flexibility index (Phi) is 5.82. The Morgan fingerprint density at radius 1 is 0.360 bits per heavy atom. The van der Waals surface area contributed by atoms with Crippen molar-refractivity contribution in [2.45, 2.75) is 12.8 Å². The standard InChI is InChI=1S/C48H32N2/c1-2-12-33(13-3-1)49-45-20-10-8-18-40(45)42-25-22-31(28-47(42)49)32-23-26-43-41-19-9-11-21-46(41)50(48(43)29-32)34-24-27-39-37-16-5-4-14-35(37)36-15-6-7-17-38(36)44(39)30-34/h1-5,7-14,16-30H,6,15H2. The predicted molar refractivity (Wildman–Crippen MR) is 213 cm³/mol.